The summed E-state index contributed by atoms with van der Waals surface area (Å²) < 4.78 is 25.1. The van der Waals surface area contributed by atoms with E-state index < -0.39 is 29.5 Å². The third-order valence-electron chi connectivity index (χ3n) is 4.11. The second kappa shape index (κ2) is 10.2. The van der Waals surface area contributed by atoms with Gasteiger partial charge in [0.05, 0.1) is 37.7 Å². The lowest BCUT2D eigenvalue weighted by Crippen LogP contribution is -2.41. The Bertz CT molecular complexity index is 681. The van der Waals surface area contributed by atoms with Crippen molar-refractivity contribution in [3.63, 3.8) is 0 Å². The number of amides is 1. The molecular weight excluding hydrogens is 373 g/mol. The van der Waals surface area contributed by atoms with E-state index >= 15 is 0 Å². The van der Waals surface area contributed by atoms with Crippen LogP contribution in [0.1, 0.15) is 13.8 Å². The second-order valence-electron chi connectivity index (χ2n) is 6.99. The zero-order valence-electron chi connectivity index (χ0n) is 16.0. The van der Waals surface area contributed by atoms with Crippen LogP contribution in [-0.4, -0.2) is 68.2 Å². The molecule has 1 aliphatic heterocycles. The Morgan fingerprint density at radius 2 is 2.11 bits per heavy atom. The maximum absolute atomic E-state index is 14.7. The molecule has 156 valence electrons. The Morgan fingerprint density at radius 1 is 1.43 bits per heavy atom. The van der Waals surface area contributed by atoms with Crippen LogP contribution < -0.4 is 9.80 Å². The lowest BCUT2D eigenvalue weighted by atomic mass is 10.2. The molecule has 0 bridgehead atoms. The van der Waals surface area contributed by atoms with Crippen LogP contribution in [-0.2, 0) is 9.47 Å². The number of nitro groups is 1. The predicted octanol–water partition coefficient (Wildman–Crippen LogP) is 1.90. The number of ether oxygens (including phenoxy) is 2. The van der Waals surface area contributed by atoms with E-state index in [9.17, 15) is 24.4 Å². The Hall–Kier alpha value is -2.46. The highest BCUT2D eigenvalue weighted by Gasteiger charge is 2.25. The summed E-state index contributed by atoms with van der Waals surface area (Å²) in [6.07, 6.45) is -2.21. The van der Waals surface area contributed by atoms with E-state index in [1.54, 1.807) is 6.07 Å². The molecule has 0 aromatic heterocycles. The number of nitrogens with zero attached hydrogens (tertiary/aromatic N) is 3. The van der Waals surface area contributed by atoms with Crippen LogP contribution in [0.2, 0.25) is 0 Å². The smallest absolute Gasteiger partial charge is 0.414 e. The van der Waals surface area contributed by atoms with Gasteiger partial charge in [-0.25, -0.2) is 9.18 Å². The molecule has 0 radical (unpaired) electrons. The average Bonchev–Trinajstić information content (AvgIpc) is 2.64. The molecule has 0 spiro atoms. The monoisotopic (exact) mass is 399 g/mol. The minimum atomic E-state index is -1.41. The lowest BCUT2D eigenvalue weighted by Gasteiger charge is -2.30. The fourth-order valence-corrected chi connectivity index (χ4v) is 2.77. The number of benzene rings is 1. The summed E-state index contributed by atoms with van der Waals surface area (Å²) in [6, 6.07) is 4.24. The summed E-state index contributed by atoms with van der Waals surface area (Å²) in [7, 11) is 0. The van der Waals surface area contributed by atoms with Crippen LogP contribution in [0.4, 0.5) is 20.6 Å². The van der Waals surface area contributed by atoms with Crippen molar-refractivity contribution >= 4 is 17.5 Å². The zero-order valence-corrected chi connectivity index (χ0v) is 16.0. The number of carbonyl (C=O) groups is 1. The molecule has 1 fully saturated rings. The lowest BCUT2D eigenvalue weighted by molar-refractivity contribution is -0.489. The molecule has 1 atom stereocenters. The van der Waals surface area contributed by atoms with Crippen molar-refractivity contribution in [2.75, 3.05) is 55.8 Å². The molecular formula is C18H26FN3O6. The second-order valence-corrected chi connectivity index (χ2v) is 6.99. The van der Waals surface area contributed by atoms with E-state index in [-0.39, 0.29) is 24.8 Å². The topological polar surface area (TPSA) is 105 Å². The van der Waals surface area contributed by atoms with Crippen molar-refractivity contribution in [1.29, 1.82) is 0 Å². The molecule has 1 amide bonds. The first-order valence-corrected chi connectivity index (χ1v) is 9.14. The van der Waals surface area contributed by atoms with Gasteiger partial charge in [0.2, 0.25) is 6.54 Å². The van der Waals surface area contributed by atoms with E-state index in [2.05, 4.69) is 0 Å². The molecule has 1 aliphatic rings. The van der Waals surface area contributed by atoms with Gasteiger partial charge in [0.25, 0.3) is 0 Å². The van der Waals surface area contributed by atoms with E-state index in [1.165, 1.54) is 12.1 Å². The van der Waals surface area contributed by atoms with Crippen LogP contribution in [0, 0.1) is 21.8 Å². The summed E-state index contributed by atoms with van der Waals surface area (Å²) >= 11 is 0. The number of aliphatic hydroxyl groups is 1. The molecule has 0 aliphatic carbocycles. The molecule has 2 rings (SSSR count). The quantitative estimate of drug-likeness (QED) is 0.526. The van der Waals surface area contributed by atoms with Gasteiger partial charge in [0, 0.05) is 18.0 Å². The van der Waals surface area contributed by atoms with E-state index in [0.29, 0.717) is 32.0 Å². The Morgan fingerprint density at radius 3 is 2.68 bits per heavy atom. The summed E-state index contributed by atoms with van der Waals surface area (Å²) in [4.78, 5) is 25.2. The minimum absolute atomic E-state index is 0.0786. The fourth-order valence-electron chi connectivity index (χ4n) is 2.77. The normalized spacial score (nSPS) is 15.4. The minimum Gasteiger partial charge on any atom is -0.449 e. The van der Waals surface area contributed by atoms with Crippen LogP contribution in [0.25, 0.3) is 0 Å². The van der Waals surface area contributed by atoms with Gasteiger partial charge in [0.1, 0.15) is 11.9 Å². The van der Waals surface area contributed by atoms with Gasteiger partial charge >= 0.3 is 6.09 Å². The molecule has 1 aromatic carbocycles. The molecule has 10 heteroatoms. The van der Waals surface area contributed by atoms with Crippen molar-refractivity contribution in [1.82, 2.24) is 0 Å². The van der Waals surface area contributed by atoms with Crippen molar-refractivity contribution in [2.24, 2.45) is 5.92 Å². The SMILES string of the molecule is CC(C)COC(=O)N(CC(O)C[N+](=O)[O-])c1ccc(N2CCOCC2)c(F)c1. The van der Waals surface area contributed by atoms with Gasteiger partial charge < -0.3 is 19.5 Å². The Kier molecular flexibility index (Phi) is 7.94. The van der Waals surface area contributed by atoms with Crippen LogP contribution >= 0.6 is 0 Å². The number of hydrogen-bond donors (Lipinski definition) is 1. The number of morpholine rings is 1. The number of halogens is 1. The molecule has 28 heavy (non-hydrogen) atoms. The van der Waals surface area contributed by atoms with Crippen molar-refractivity contribution in [2.45, 2.75) is 20.0 Å². The third-order valence-corrected chi connectivity index (χ3v) is 4.11. The average molecular weight is 399 g/mol. The summed E-state index contributed by atoms with van der Waals surface area (Å²) in [5.41, 5.74) is 0.541. The van der Waals surface area contributed by atoms with Crippen molar-refractivity contribution in [3.05, 3.63) is 34.1 Å². The van der Waals surface area contributed by atoms with Gasteiger partial charge in [-0.15, -0.1) is 0 Å². The van der Waals surface area contributed by atoms with Gasteiger partial charge in [-0.2, -0.15) is 0 Å². The molecule has 1 saturated heterocycles. The summed E-state index contributed by atoms with van der Waals surface area (Å²) in [6.45, 7) is 4.84. The first-order chi connectivity index (χ1) is 13.3. The van der Waals surface area contributed by atoms with Gasteiger partial charge in [-0.3, -0.25) is 15.0 Å². The van der Waals surface area contributed by atoms with E-state index in [1.807, 2.05) is 18.7 Å². The molecule has 1 unspecified atom stereocenters. The van der Waals surface area contributed by atoms with Crippen LogP contribution in [0.3, 0.4) is 0 Å². The predicted molar refractivity (Wildman–Crippen MR) is 101 cm³/mol. The highest BCUT2D eigenvalue weighted by molar-refractivity contribution is 5.88. The molecule has 9 nitrogen and oxygen atoms in total. The number of aliphatic hydroxyl groups excluding tert-OH is 1. The van der Waals surface area contributed by atoms with E-state index in [4.69, 9.17) is 9.47 Å². The largest absolute Gasteiger partial charge is 0.449 e. The number of anilines is 2. The Labute approximate surface area is 162 Å². The summed E-state index contributed by atoms with van der Waals surface area (Å²) in [5, 5.41) is 20.5. The van der Waals surface area contributed by atoms with Crippen molar-refractivity contribution < 1.29 is 28.7 Å². The molecule has 1 heterocycles. The highest BCUT2D eigenvalue weighted by Crippen LogP contribution is 2.26. The van der Waals surface area contributed by atoms with Crippen LogP contribution in [0.15, 0.2) is 18.2 Å². The fraction of sp³-hybridized carbons (Fsp3) is 0.611. The van der Waals surface area contributed by atoms with Gasteiger partial charge in [-0.05, 0) is 24.1 Å². The van der Waals surface area contributed by atoms with Gasteiger partial charge in [0.15, 0.2) is 0 Å². The molecule has 1 aromatic rings. The highest BCUT2D eigenvalue weighted by atomic mass is 19.1. The number of carbonyl (C=O) groups excluding carboxylic acids is 1. The maximum atomic E-state index is 14.7. The van der Waals surface area contributed by atoms with E-state index in [0.717, 1.165) is 4.90 Å². The maximum Gasteiger partial charge on any atom is 0.414 e. The standard InChI is InChI=1S/C18H26FN3O6/c1-13(2)12-28-18(24)21(10-15(23)11-22(25)26)14-3-4-17(16(19)9-14)20-5-7-27-8-6-20/h3-4,9,13,15,23H,5-8,10-12H2,1-2H3. The third kappa shape index (κ3) is 6.31. The molecule has 1 N–H and O–H groups in total. The first kappa shape index (κ1) is 21.8. The number of rotatable bonds is 8. The first-order valence-electron chi connectivity index (χ1n) is 9.14. The van der Waals surface area contributed by atoms with Crippen LogP contribution in [0.5, 0.6) is 0 Å². The summed E-state index contributed by atoms with van der Waals surface area (Å²) in [5.74, 6) is -0.459. The van der Waals surface area contributed by atoms with Crippen molar-refractivity contribution in [3.8, 4) is 0 Å². The number of hydrogen-bond acceptors (Lipinski definition) is 7. The molecule has 0 saturated carbocycles. The zero-order chi connectivity index (χ0) is 20.7. The van der Waals surface area contributed by atoms with Gasteiger partial charge in [-0.1, -0.05) is 13.8 Å². The Balaban J connectivity index is 2.21.